The van der Waals surface area contributed by atoms with Gasteiger partial charge in [0.25, 0.3) is 0 Å². The Balaban J connectivity index is 3.66. The van der Waals surface area contributed by atoms with Crippen molar-refractivity contribution in [3.05, 3.63) is 13.8 Å². The van der Waals surface area contributed by atoms with Gasteiger partial charge in [-0.15, -0.1) is 0 Å². The fourth-order valence-electron chi connectivity index (χ4n) is 0.933. The summed E-state index contributed by atoms with van der Waals surface area (Å²) >= 11 is 0. The van der Waals surface area contributed by atoms with Gasteiger partial charge in [0, 0.05) is 0 Å². The molecule has 0 aromatic heterocycles. The normalized spacial score (nSPS) is 17.5. The highest BCUT2D eigenvalue weighted by molar-refractivity contribution is 4.73. The highest BCUT2D eigenvalue weighted by atomic mass is 14.2. The average Bonchev–Trinajstić information content (AvgIpc) is 1.87. The zero-order valence-electron chi connectivity index (χ0n) is 8.43. The van der Waals surface area contributed by atoms with Gasteiger partial charge in [-0.25, -0.2) is 0 Å². The van der Waals surface area contributed by atoms with E-state index in [1.165, 1.54) is 0 Å². The van der Waals surface area contributed by atoms with E-state index in [0.29, 0.717) is 23.7 Å². The van der Waals surface area contributed by atoms with Crippen LogP contribution in [0.5, 0.6) is 0 Å². The Labute approximate surface area is 72.4 Å². The van der Waals surface area contributed by atoms with Crippen molar-refractivity contribution in [2.75, 3.05) is 0 Å². The third-order valence-corrected chi connectivity index (χ3v) is 2.49. The summed E-state index contributed by atoms with van der Waals surface area (Å²) in [5.74, 6) is 2.52. The molecule has 2 radical (unpaired) electrons. The van der Waals surface area contributed by atoms with Crippen LogP contribution in [0.15, 0.2) is 0 Å². The Bertz CT molecular complexity index is 80.2. The average molecular weight is 154 g/mol. The van der Waals surface area contributed by atoms with Crippen LogP contribution in [0, 0.1) is 37.5 Å². The summed E-state index contributed by atoms with van der Waals surface area (Å²) in [6.07, 6.45) is 1.16. The Morgan fingerprint density at radius 1 is 0.818 bits per heavy atom. The van der Waals surface area contributed by atoms with Gasteiger partial charge in [0.1, 0.15) is 0 Å². The summed E-state index contributed by atoms with van der Waals surface area (Å²) in [4.78, 5) is 0. The molecule has 0 saturated carbocycles. The fourth-order valence-corrected chi connectivity index (χ4v) is 0.933. The molecular formula is C11H22. The van der Waals surface area contributed by atoms with Crippen molar-refractivity contribution >= 4 is 0 Å². The second-order valence-electron chi connectivity index (χ2n) is 4.24. The molecule has 0 N–H and O–H groups in total. The Morgan fingerprint density at radius 3 is 1.27 bits per heavy atom. The van der Waals surface area contributed by atoms with Gasteiger partial charge in [0.05, 0.1) is 0 Å². The molecule has 66 valence electrons. The van der Waals surface area contributed by atoms with Crippen LogP contribution in [0.25, 0.3) is 0 Å². The van der Waals surface area contributed by atoms with Crippen molar-refractivity contribution in [1.29, 1.82) is 0 Å². The van der Waals surface area contributed by atoms with Crippen LogP contribution in [0.4, 0.5) is 0 Å². The third-order valence-electron chi connectivity index (χ3n) is 2.49. The second-order valence-corrected chi connectivity index (χ2v) is 4.24. The highest BCUT2D eigenvalue weighted by Gasteiger charge is 2.14. The zero-order valence-corrected chi connectivity index (χ0v) is 8.43. The second kappa shape index (κ2) is 4.79. The SMILES string of the molecule is [CH2]C(CC([CH2])C(C)C)C(C)C. The van der Waals surface area contributed by atoms with E-state index >= 15 is 0 Å². The van der Waals surface area contributed by atoms with Gasteiger partial charge >= 0.3 is 0 Å². The molecule has 0 aliphatic rings. The molecule has 0 bridgehead atoms. The monoisotopic (exact) mass is 154 g/mol. The summed E-state index contributed by atoms with van der Waals surface area (Å²) in [5, 5.41) is 0. The predicted octanol–water partition coefficient (Wildman–Crippen LogP) is 3.59. The first-order valence-corrected chi connectivity index (χ1v) is 4.61. The van der Waals surface area contributed by atoms with Gasteiger partial charge < -0.3 is 0 Å². The van der Waals surface area contributed by atoms with E-state index in [4.69, 9.17) is 0 Å². The molecule has 2 atom stereocenters. The lowest BCUT2D eigenvalue weighted by atomic mass is 9.84. The minimum Gasteiger partial charge on any atom is -0.0625 e. The molecule has 0 rings (SSSR count). The van der Waals surface area contributed by atoms with E-state index in [0.717, 1.165) is 6.42 Å². The molecule has 11 heavy (non-hydrogen) atoms. The van der Waals surface area contributed by atoms with Crippen LogP contribution in [-0.4, -0.2) is 0 Å². The maximum atomic E-state index is 4.12. The first kappa shape index (κ1) is 11.0. The number of rotatable bonds is 4. The minimum atomic E-state index is 0.569. The van der Waals surface area contributed by atoms with E-state index in [2.05, 4.69) is 41.5 Å². The van der Waals surface area contributed by atoms with Gasteiger partial charge in [0.2, 0.25) is 0 Å². The molecule has 0 amide bonds. The topological polar surface area (TPSA) is 0 Å². The van der Waals surface area contributed by atoms with Crippen LogP contribution in [-0.2, 0) is 0 Å². The fraction of sp³-hybridized carbons (Fsp3) is 0.818. The molecule has 0 heteroatoms. The molecule has 0 fully saturated rings. The molecule has 2 unspecified atom stereocenters. The van der Waals surface area contributed by atoms with Crippen molar-refractivity contribution < 1.29 is 0 Å². The Kier molecular flexibility index (Phi) is 4.79. The summed E-state index contributed by atoms with van der Waals surface area (Å²) in [6.45, 7) is 17.1. The lowest BCUT2D eigenvalue weighted by Gasteiger charge is -2.22. The van der Waals surface area contributed by atoms with Crippen LogP contribution in [0.3, 0.4) is 0 Å². The Hall–Kier alpha value is 0. The van der Waals surface area contributed by atoms with Gasteiger partial charge in [0.15, 0.2) is 0 Å². The first-order valence-electron chi connectivity index (χ1n) is 4.61. The smallest absolute Gasteiger partial charge is 0.0388 e. The van der Waals surface area contributed by atoms with Gasteiger partial charge in [-0.05, 0) is 43.9 Å². The summed E-state index contributed by atoms with van der Waals surface area (Å²) in [7, 11) is 0. The lowest BCUT2D eigenvalue weighted by Crippen LogP contribution is -2.13. The van der Waals surface area contributed by atoms with Gasteiger partial charge in [-0.2, -0.15) is 0 Å². The molecule has 0 aliphatic carbocycles. The predicted molar refractivity (Wildman–Crippen MR) is 52.0 cm³/mol. The first-order chi connectivity index (χ1) is 4.95. The van der Waals surface area contributed by atoms with E-state index in [9.17, 15) is 0 Å². The maximum absolute atomic E-state index is 4.12. The van der Waals surface area contributed by atoms with E-state index in [-0.39, 0.29) is 0 Å². The lowest BCUT2D eigenvalue weighted by molar-refractivity contribution is 0.329. The third kappa shape index (κ3) is 4.44. The molecule has 0 aromatic carbocycles. The van der Waals surface area contributed by atoms with Crippen molar-refractivity contribution in [2.24, 2.45) is 23.7 Å². The van der Waals surface area contributed by atoms with Crippen LogP contribution in [0.1, 0.15) is 34.1 Å². The largest absolute Gasteiger partial charge is 0.0625 e. The molecule has 0 spiro atoms. The van der Waals surface area contributed by atoms with Crippen molar-refractivity contribution in [3.8, 4) is 0 Å². The molecule has 0 aliphatic heterocycles. The summed E-state index contributed by atoms with van der Waals surface area (Å²) in [5.41, 5.74) is 0. The van der Waals surface area contributed by atoms with Crippen molar-refractivity contribution in [3.63, 3.8) is 0 Å². The van der Waals surface area contributed by atoms with Crippen LogP contribution >= 0.6 is 0 Å². The number of hydrogen-bond acceptors (Lipinski definition) is 0. The minimum absolute atomic E-state index is 0.569. The Morgan fingerprint density at radius 2 is 1.09 bits per heavy atom. The van der Waals surface area contributed by atoms with E-state index < -0.39 is 0 Å². The van der Waals surface area contributed by atoms with Gasteiger partial charge in [-0.1, -0.05) is 27.7 Å². The maximum Gasteiger partial charge on any atom is -0.0388 e. The molecule has 0 aromatic rings. The highest BCUT2D eigenvalue weighted by Crippen LogP contribution is 2.23. The quantitative estimate of drug-likeness (QED) is 0.580. The zero-order chi connectivity index (χ0) is 9.02. The molecule has 0 heterocycles. The molecule has 0 saturated heterocycles. The van der Waals surface area contributed by atoms with Crippen LogP contribution < -0.4 is 0 Å². The van der Waals surface area contributed by atoms with Crippen molar-refractivity contribution in [1.82, 2.24) is 0 Å². The summed E-state index contributed by atoms with van der Waals surface area (Å²) < 4.78 is 0. The van der Waals surface area contributed by atoms with Crippen molar-refractivity contribution in [2.45, 2.75) is 34.1 Å². The molecular weight excluding hydrogens is 132 g/mol. The van der Waals surface area contributed by atoms with Gasteiger partial charge in [-0.3, -0.25) is 0 Å². The summed E-state index contributed by atoms with van der Waals surface area (Å²) in [6, 6.07) is 0. The van der Waals surface area contributed by atoms with Crippen LogP contribution in [0.2, 0.25) is 0 Å². The van der Waals surface area contributed by atoms with E-state index in [1.807, 2.05) is 0 Å². The van der Waals surface area contributed by atoms with E-state index in [1.54, 1.807) is 0 Å². The standard InChI is InChI=1S/C11H22/c1-8(2)10(5)7-11(6)9(3)4/h8-11H,5-7H2,1-4H3. The molecule has 0 nitrogen and oxygen atoms in total. The number of hydrogen-bond donors (Lipinski definition) is 0.